The van der Waals surface area contributed by atoms with E-state index in [-0.39, 0.29) is 18.2 Å². The van der Waals surface area contributed by atoms with Crippen LogP contribution in [0.2, 0.25) is 0 Å². The van der Waals surface area contributed by atoms with Crippen LogP contribution < -0.4 is 5.32 Å². The summed E-state index contributed by atoms with van der Waals surface area (Å²) >= 11 is 0. The van der Waals surface area contributed by atoms with Crippen molar-refractivity contribution in [2.45, 2.75) is 6.92 Å². The lowest BCUT2D eigenvalue weighted by atomic mass is 10.1. The van der Waals surface area contributed by atoms with Crippen LogP contribution in [0.5, 0.6) is 0 Å². The molecule has 96 valence electrons. The maximum atomic E-state index is 10.8. The van der Waals surface area contributed by atoms with E-state index < -0.39 is 5.97 Å². The molecule has 0 spiro atoms. The van der Waals surface area contributed by atoms with Gasteiger partial charge in [0.15, 0.2) is 0 Å². The van der Waals surface area contributed by atoms with Gasteiger partial charge in [-0.05, 0) is 24.3 Å². The molecule has 1 aromatic heterocycles. The number of rotatable bonds is 2. The second-order valence-corrected chi connectivity index (χ2v) is 3.88. The molecule has 0 atom stereocenters. The number of fused-ring (bicyclic) bond motifs is 1. The fraction of sp³-hybridized carbons (Fsp3) is 0.143. The Hall–Kier alpha value is -2.74. The number of furan rings is 1. The molecule has 2 aromatic rings. The lowest BCUT2D eigenvalue weighted by Gasteiger charge is -1.92. The van der Waals surface area contributed by atoms with Gasteiger partial charge in [0.1, 0.15) is 5.58 Å². The molecule has 0 fully saturated rings. The van der Waals surface area contributed by atoms with Gasteiger partial charge in [0.2, 0.25) is 11.7 Å². The van der Waals surface area contributed by atoms with Gasteiger partial charge in [-0.1, -0.05) is 11.8 Å². The van der Waals surface area contributed by atoms with E-state index in [2.05, 4.69) is 17.2 Å². The monoisotopic (exact) mass is 257 g/mol. The number of hydrogen-bond donors (Lipinski definition) is 2. The molecule has 0 saturated heterocycles. The van der Waals surface area contributed by atoms with Crippen molar-refractivity contribution in [1.82, 2.24) is 5.32 Å². The Kier molecular flexibility index (Phi) is 3.53. The predicted molar refractivity (Wildman–Crippen MR) is 68.7 cm³/mol. The highest BCUT2D eigenvalue weighted by Gasteiger charge is 2.09. The summed E-state index contributed by atoms with van der Waals surface area (Å²) in [4.78, 5) is 21.4. The smallest absolute Gasteiger partial charge is 0.371 e. The van der Waals surface area contributed by atoms with Crippen molar-refractivity contribution in [3.05, 3.63) is 35.6 Å². The third-order valence-electron chi connectivity index (χ3n) is 2.39. The molecule has 2 rings (SSSR count). The molecule has 1 aromatic carbocycles. The Bertz CT molecular complexity index is 703. The maximum Gasteiger partial charge on any atom is 0.371 e. The predicted octanol–water partition coefficient (Wildman–Crippen LogP) is 1.62. The van der Waals surface area contributed by atoms with E-state index in [1.807, 2.05) is 0 Å². The minimum atomic E-state index is -1.10. The molecule has 0 radical (unpaired) electrons. The van der Waals surface area contributed by atoms with Crippen LogP contribution in [0.1, 0.15) is 23.0 Å². The van der Waals surface area contributed by atoms with E-state index in [1.54, 1.807) is 18.2 Å². The van der Waals surface area contributed by atoms with Crippen LogP contribution in [0.25, 0.3) is 11.0 Å². The summed E-state index contributed by atoms with van der Waals surface area (Å²) in [5, 5.41) is 12.1. The number of aromatic carboxylic acids is 1. The first kappa shape index (κ1) is 12.7. The molecule has 0 unspecified atom stereocenters. The third kappa shape index (κ3) is 3.13. The second kappa shape index (κ2) is 5.27. The molecule has 1 heterocycles. The zero-order chi connectivity index (χ0) is 13.8. The molecule has 0 aliphatic carbocycles. The quantitative estimate of drug-likeness (QED) is 0.801. The fourth-order valence-electron chi connectivity index (χ4n) is 1.54. The molecule has 19 heavy (non-hydrogen) atoms. The van der Waals surface area contributed by atoms with Crippen LogP contribution in [0, 0.1) is 11.8 Å². The molecule has 0 aliphatic rings. The minimum Gasteiger partial charge on any atom is -0.475 e. The average Bonchev–Trinajstić information content (AvgIpc) is 2.77. The molecular formula is C14H11NO4. The molecule has 5 heteroatoms. The van der Waals surface area contributed by atoms with Gasteiger partial charge in [0.25, 0.3) is 0 Å². The van der Waals surface area contributed by atoms with Crippen molar-refractivity contribution >= 4 is 22.8 Å². The van der Waals surface area contributed by atoms with Gasteiger partial charge in [0.05, 0.1) is 6.54 Å². The molecule has 0 saturated carbocycles. The Morgan fingerprint density at radius 1 is 1.37 bits per heavy atom. The van der Waals surface area contributed by atoms with Crippen LogP contribution in [-0.2, 0) is 4.79 Å². The molecular weight excluding hydrogens is 246 g/mol. The summed E-state index contributed by atoms with van der Waals surface area (Å²) in [6, 6.07) is 6.60. The average molecular weight is 257 g/mol. The minimum absolute atomic E-state index is 0.0987. The summed E-state index contributed by atoms with van der Waals surface area (Å²) < 4.78 is 5.14. The van der Waals surface area contributed by atoms with Crippen LogP contribution in [0.4, 0.5) is 0 Å². The van der Waals surface area contributed by atoms with Gasteiger partial charge in [-0.3, -0.25) is 4.79 Å². The summed E-state index contributed by atoms with van der Waals surface area (Å²) in [5.74, 6) is 4.34. The van der Waals surface area contributed by atoms with Crippen molar-refractivity contribution in [2.24, 2.45) is 0 Å². The Balaban J connectivity index is 2.21. The number of benzene rings is 1. The number of carboxylic acid groups (broad SMARTS) is 1. The van der Waals surface area contributed by atoms with Crippen molar-refractivity contribution in [3.8, 4) is 11.8 Å². The number of hydrogen-bond acceptors (Lipinski definition) is 3. The van der Waals surface area contributed by atoms with Crippen molar-refractivity contribution in [2.75, 3.05) is 6.54 Å². The van der Waals surface area contributed by atoms with Crippen molar-refractivity contribution in [1.29, 1.82) is 0 Å². The zero-order valence-corrected chi connectivity index (χ0v) is 10.2. The Labute approximate surface area is 109 Å². The van der Waals surface area contributed by atoms with E-state index >= 15 is 0 Å². The SMILES string of the molecule is CC(=O)NCC#Cc1ccc2oc(C(=O)O)cc2c1. The van der Waals surface area contributed by atoms with Crippen LogP contribution in [0.3, 0.4) is 0 Å². The van der Waals surface area contributed by atoms with E-state index in [0.29, 0.717) is 11.0 Å². The standard InChI is InChI=1S/C14H11NO4/c1-9(16)15-6-2-3-10-4-5-12-11(7-10)8-13(19-12)14(17)18/h4-5,7-8H,6H2,1H3,(H,15,16)(H,17,18). The summed E-state index contributed by atoms with van der Waals surface area (Å²) in [6.07, 6.45) is 0. The van der Waals surface area contributed by atoms with E-state index in [4.69, 9.17) is 9.52 Å². The highest BCUT2D eigenvalue weighted by Crippen LogP contribution is 2.20. The fourth-order valence-corrected chi connectivity index (χ4v) is 1.54. The highest BCUT2D eigenvalue weighted by atomic mass is 16.4. The molecule has 2 N–H and O–H groups in total. The van der Waals surface area contributed by atoms with Gasteiger partial charge in [-0.15, -0.1) is 0 Å². The normalized spacial score (nSPS) is 9.74. The van der Waals surface area contributed by atoms with Crippen molar-refractivity contribution < 1.29 is 19.1 Å². The number of nitrogens with one attached hydrogen (secondary N) is 1. The summed E-state index contributed by atoms with van der Waals surface area (Å²) in [5.41, 5.74) is 1.24. The van der Waals surface area contributed by atoms with E-state index in [1.165, 1.54) is 13.0 Å². The maximum absolute atomic E-state index is 10.8. The largest absolute Gasteiger partial charge is 0.475 e. The number of carbonyl (C=O) groups is 2. The van der Waals surface area contributed by atoms with Gasteiger partial charge in [-0.2, -0.15) is 0 Å². The lowest BCUT2D eigenvalue weighted by molar-refractivity contribution is -0.118. The van der Waals surface area contributed by atoms with Gasteiger partial charge in [0, 0.05) is 17.9 Å². The van der Waals surface area contributed by atoms with Gasteiger partial charge >= 0.3 is 5.97 Å². The first-order chi connectivity index (χ1) is 9.06. The topological polar surface area (TPSA) is 79.5 Å². The lowest BCUT2D eigenvalue weighted by Crippen LogP contribution is -2.19. The zero-order valence-electron chi connectivity index (χ0n) is 10.2. The number of carboxylic acids is 1. The van der Waals surface area contributed by atoms with Crippen LogP contribution >= 0.6 is 0 Å². The van der Waals surface area contributed by atoms with Gasteiger partial charge in [-0.25, -0.2) is 4.79 Å². The summed E-state index contributed by atoms with van der Waals surface area (Å²) in [6.45, 7) is 1.70. The Morgan fingerprint density at radius 3 is 2.84 bits per heavy atom. The first-order valence-corrected chi connectivity index (χ1v) is 5.56. The van der Waals surface area contributed by atoms with Crippen molar-refractivity contribution in [3.63, 3.8) is 0 Å². The van der Waals surface area contributed by atoms with Crippen LogP contribution in [0.15, 0.2) is 28.7 Å². The third-order valence-corrected chi connectivity index (χ3v) is 2.39. The molecule has 1 amide bonds. The van der Waals surface area contributed by atoms with Crippen LogP contribution in [-0.4, -0.2) is 23.5 Å². The molecule has 0 bridgehead atoms. The summed E-state index contributed by atoms with van der Waals surface area (Å²) in [7, 11) is 0. The highest BCUT2D eigenvalue weighted by molar-refractivity contribution is 5.91. The van der Waals surface area contributed by atoms with E-state index in [0.717, 1.165) is 5.56 Å². The molecule has 0 aliphatic heterocycles. The number of carbonyl (C=O) groups excluding carboxylic acids is 1. The molecule has 5 nitrogen and oxygen atoms in total. The van der Waals surface area contributed by atoms with Gasteiger partial charge < -0.3 is 14.8 Å². The second-order valence-electron chi connectivity index (χ2n) is 3.88. The van der Waals surface area contributed by atoms with E-state index in [9.17, 15) is 9.59 Å². The first-order valence-electron chi connectivity index (χ1n) is 5.56. The Morgan fingerprint density at radius 2 is 2.16 bits per heavy atom. The number of amides is 1.